The summed E-state index contributed by atoms with van der Waals surface area (Å²) in [6, 6.07) is 6.32. The Labute approximate surface area is 92.0 Å². The summed E-state index contributed by atoms with van der Waals surface area (Å²) in [4.78, 5) is 18.3. The highest BCUT2D eigenvalue weighted by atomic mass is 19.1. The van der Waals surface area contributed by atoms with Crippen LogP contribution in [-0.2, 0) is 11.2 Å². The molecule has 0 amide bonds. The van der Waals surface area contributed by atoms with Crippen LogP contribution in [0.5, 0.6) is 0 Å². The molecule has 4 heteroatoms. The minimum absolute atomic E-state index is 0.0851. The van der Waals surface area contributed by atoms with Gasteiger partial charge in [-0.25, -0.2) is 14.4 Å². The molecule has 0 saturated carbocycles. The van der Waals surface area contributed by atoms with E-state index in [9.17, 15) is 9.18 Å². The molecule has 1 heterocycles. The fourth-order valence-corrected chi connectivity index (χ4v) is 1.39. The van der Waals surface area contributed by atoms with Crippen LogP contribution in [0.1, 0.15) is 5.56 Å². The highest BCUT2D eigenvalue weighted by molar-refractivity contribution is 5.59. The largest absolute Gasteiger partial charge is 0.303 e. The second-order valence-electron chi connectivity index (χ2n) is 3.25. The minimum Gasteiger partial charge on any atom is -0.303 e. The maximum absolute atomic E-state index is 13.5. The van der Waals surface area contributed by atoms with Crippen LogP contribution in [0.2, 0.25) is 0 Å². The molecular weight excluding hydrogens is 207 g/mol. The SMILES string of the molecule is O=CCc1ccc(-c2ncccn2)cc1F. The van der Waals surface area contributed by atoms with E-state index in [0.29, 0.717) is 23.2 Å². The van der Waals surface area contributed by atoms with Gasteiger partial charge in [0.1, 0.15) is 12.1 Å². The second kappa shape index (κ2) is 4.61. The highest BCUT2D eigenvalue weighted by Crippen LogP contribution is 2.18. The van der Waals surface area contributed by atoms with Crippen molar-refractivity contribution < 1.29 is 9.18 Å². The summed E-state index contributed by atoms with van der Waals surface area (Å²) >= 11 is 0. The van der Waals surface area contributed by atoms with Gasteiger partial charge in [-0.2, -0.15) is 0 Å². The van der Waals surface area contributed by atoms with E-state index in [1.807, 2.05) is 0 Å². The molecule has 0 saturated heterocycles. The molecular formula is C12H9FN2O. The number of carbonyl (C=O) groups excluding carboxylic acids is 1. The van der Waals surface area contributed by atoms with E-state index in [1.54, 1.807) is 30.6 Å². The van der Waals surface area contributed by atoms with Crippen molar-refractivity contribution in [3.8, 4) is 11.4 Å². The number of aldehydes is 1. The molecule has 16 heavy (non-hydrogen) atoms. The van der Waals surface area contributed by atoms with Gasteiger partial charge in [0.2, 0.25) is 0 Å². The Morgan fingerprint density at radius 3 is 2.62 bits per heavy atom. The number of hydrogen-bond acceptors (Lipinski definition) is 3. The first-order valence-electron chi connectivity index (χ1n) is 4.80. The number of hydrogen-bond donors (Lipinski definition) is 0. The Bertz CT molecular complexity index is 500. The molecule has 1 aromatic carbocycles. The minimum atomic E-state index is -0.406. The Hall–Kier alpha value is -2.10. The summed E-state index contributed by atoms with van der Waals surface area (Å²) in [5, 5.41) is 0. The summed E-state index contributed by atoms with van der Waals surface area (Å²) in [7, 11) is 0. The molecule has 1 aromatic heterocycles. The van der Waals surface area contributed by atoms with E-state index in [4.69, 9.17) is 0 Å². The summed E-state index contributed by atoms with van der Waals surface area (Å²) in [5.41, 5.74) is 0.988. The van der Waals surface area contributed by atoms with Crippen molar-refractivity contribution in [2.45, 2.75) is 6.42 Å². The van der Waals surface area contributed by atoms with Gasteiger partial charge in [0, 0.05) is 24.4 Å². The molecule has 2 aromatic rings. The molecule has 0 aliphatic carbocycles. The van der Waals surface area contributed by atoms with Crippen molar-refractivity contribution in [1.82, 2.24) is 9.97 Å². The predicted octanol–water partition coefficient (Wildman–Crippen LogP) is 2.02. The van der Waals surface area contributed by atoms with E-state index in [2.05, 4.69) is 9.97 Å². The van der Waals surface area contributed by atoms with Gasteiger partial charge in [-0.05, 0) is 17.7 Å². The fraction of sp³-hybridized carbons (Fsp3) is 0.0833. The van der Waals surface area contributed by atoms with Gasteiger partial charge in [-0.1, -0.05) is 12.1 Å². The fourth-order valence-electron chi connectivity index (χ4n) is 1.39. The smallest absolute Gasteiger partial charge is 0.159 e. The summed E-state index contributed by atoms with van der Waals surface area (Å²) in [5.74, 6) is 0.0658. The number of nitrogens with zero attached hydrogens (tertiary/aromatic N) is 2. The Kier molecular flexibility index (Phi) is 3.00. The summed E-state index contributed by atoms with van der Waals surface area (Å²) in [6.07, 6.45) is 3.96. The summed E-state index contributed by atoms with van der Waals surface area (Å²) in [6.45, 7) is 0. The lowest BCUT2D eigenvalue weighted by Crippen LogP contribution is -1.94. The van der Waals surface area contributed by atoms with E-state index in [0.717, 1.165) is 0 Å². The van der Waals surface area contributed by atoms with E-state index < -0.39 is 5.82 Å². The van der Waals surface area contributed by atoms with Crippen LogP contribution in [0.25, 0.3) is 11.4 Å². The van der Waals surface area contributed by atoms with Crippen molar-refractivity contribution in [1.29, 1.82) is 0 Å². The van der Waals surface area contributed by atoms with Gasteiger partial charge in [0.25, 0.3) is 0 Å². The predicted molar refractivity (Wildman–Crippen MR) is 57.2 cm³/mol. The Balaban J connectivity index is 2.38. The number of rotatable bonds is 3. The average molecular weight is 216 g/mol. The van der Waals surface area contributed by atoms with E-state index >= 15 is 0 Å². The van der Waals surface area contributed by atoms with Crippen molar-refractivity contribution in [3.05, 3.63) is 48.0 Å². The standard InChI is InChI=1S/C12H9FN2O/c13-11-8-10(3-2-9(11)4-7-16)12-14-5-1-6-15-12/h1-3,5-8H,4H2. The molecule has 0 spiro atoms. The van der Waals surface area contributed by atoms with Crippen LogP contribution in [0.15, 0.2) is 36.7 Å². The topological polar surface area (TPSA) is 42.9 Å². The third-order valence-electron chi connectivity index (χ3n) is 2.18. The van der Waals surface area contributed by atoms with Gasteiger partial charge >= 0.3 is 0 Å². The third-order valence-corrected chi connectivity index (χ3v) is 2.18. The number of carbonyl (C=O) groups is 1. The van der Waals surface area contributed by atoms with Gasteiger partial charge in [-0.3, -0.25) is 0 Å². The molecule has 0 fully saturated rings. The maximum atomic E-state index is 13.5. The lowest BCUT2D eigenvalue weighted by atomic mass is 10.1. The van der Waals surface area contributed by atoms with Gasteiger partial charge in [0.15, 0.2) is 5.82 Å². The molecule has 0 radical (unpaired) electrons. The van der Waals surface area contributed by atoms with E-state index in [1.165, 1.54) is 6.07 Å². The second-order valence-corrected chi connectivity index (χ2v) is 3.25. The van der Waals surface area contributed by atoms with Crippen LogP contribution in [0.4, 0.5) is 4.39 Å². The molecule has 0 aliphatic heterocycles. The number of halogens is 1. The normalized spacial score (nSPS) is 10.1. The molecule has 3 nitrogen and oxygen atoms in total. The molecule has 0 N–H and O–H groups in total. The zero-order chi connectivity index (χ0) is 11.4. The first-order valence-corrected chi connectivity index (χ1v) is 4.80. The summed E-state index contributed by atoms with van der Waals surface area (Å²) < 4.78 is 13.5. The van der Waals surface area contributed by atoms with Crippen LogP contribution in [0.3, 0.4) is 0 Å². The maximum Gasteiger partial charge on any atom is 0.159 e. The Morgan fingerprint density at radius 2 is 2.00 bits per heavy atom. The van der Waals surface area contributed by atoms with Crippen LogP contribution < -0.4 is 0 Å². The van der Waals surface area contributed by atoms with Crippen molar-refractivity contribution in [2.24, 2.45) is 0 Å². The molecule has 0 aliphatic rings. The van der Waals surface area contributed by atoms with Crippen molar-refractivity contribution in [2.75, 3.05) is 0 Å². The first-order chi connectivity index (χ1) is 7.81. The van der Waals surface area contributed by atoms with Crippen molar-refractivity contribution >= 4 is 6.29 Å². The van der Waals surface area contributed by atoms with Crippen LogP contribution in [0, 0.1) is 5.82 Å². The van der Waals surface area contributed by atoms with Gasteiger partial charge in [0.05, 0.1) is 0 Å². The van der Waals surface area contributed by atoms with Gasteiger partial charge < -0.3 is 4.79 Å². The highest BCUT2D eigenvalue weighted by Gasteiger charge is 2.05. The van der Waals surface area contributed by atoms with Crippen LogP contribution >= 0.6 is 0 Å². The Morgan fingerprint density at radius 1 is 1.25 bits per heavy atom. The molecule has 0 unspecified atom stereocenters. The molecule has 0 atom stereocenters. The number of aromatic nitrogens is 2. The zero-order valence-electron chi connectivity index (χ0n) is 8.43. The average Bonchev–Trinajstić information content (AvgIpc) is 2.33. The lowest BCUT2D eigenvalue weighted by Gasteiger charge is -2.02. The zero-order valence-corrected chi connectivity index (χ0v) is 8.43. The molecule has 2 rings (SSSR count). The number of benzene rings is 1. The van der Waals surface area contributed by atoms with Crippen molar-refractivity contribution in [3.63, 3.8) is 0 Å². The quantitative estimate of drug-likeness (QED) is 0.737. The third kappa shape index (κ3) is 2.11. The van der Waals surface area contributed by atoms with Crippen LogP contribution in [-0.4, -0.2) is 16.3 Å². The molecule has 0 bridgehead atoms. The monoisotopic (exact) mass is 216 g/mol. The van der Waals surface area contributed by atoms with E-state index in [-0.39, 0.29) is 6.42 Å². The van der Waals surface area contributed by atoms with Gasteiger partial charge in [-0.15, -0.1) is 0 Å². The molecule has 80 valence electrons. The first kappa shape index (κ1) is 10.4. The lowest BCUT2D eigenvalue weighted by molar-refractivity contribution is -0.107.